The predicted octanol–water partition coefficient (Wildman–Crippen LogP) is 2.52. The molecule has 4 nitrogen and oxygen atoms in total. The maximum atomic E-state index is 5.66. The van der Waals surface area contributed by atoms with E-state index in [1.165, 1.54) is 5.56 Å². The molecule has 1 aromatic heterocycles. The molecule has 102 valence electrons. The first-order valence-corrected chi connectivity index (χ1v) is 6.53. The van der Waals surface area contributed by atoms with Crippen LogP contribution in [0.2, 0.25) is 0 Å². The average molecular weight is 259 g/mol. The highest BCUT2D eigenvalue weighted by molar-refractivity contribution is 5.33. The minimum atomic E-state index is 0.139. The molecule has 0 radical (unpaired) electrons. The molecule has 4 heteroatoms. The zero-order valence-corrected chi connectivity index (χ0v) is 11.9. The summed E-state index contributed by atoms with van der Waals surface area (Å²) >= 11 is 0. The minimum Gasteiger partial charge on any atom is -0.491 e. The molecule has 0 saturated carbocycles. The van der Waals surface area contributed by atoms with Crippen LogP contribution in [-0.2, 0) is 7.05 Å². The number of hydrogen-bond donors (Lipinski definition) is 1. The van der Waals surface area contributed by atoms with E-state index in [4.69, 9.17) is 4.74 Å². The summed E-state index contributed by atoms with van der Waals surface area (Å²) in [6.45, 7) is 4.06. The normalized spacial score (nSPS) is 12.7. The SMILES string of the molecule is CNC(c1ccc(OC(C)C)cc1)c1ccnn1C. The minimum absolute atomic E-state index is 0.139. The van der Waals surface area contributed by atoms with Crippen LogP contribution >= 0.6 is 0 Å². The van der Waals surface area contributed by atoms with Crippen LogP contribution < -0.4 is 10.1 Å². The number of ether oxygens (including phenoxy) is 1. The molecule has 0 aliphatic heterocycles. The summed E-state index contributed by atoms with van der Waals surface area (Å²) < 4.78 is 7.55. The maximum Gasteiger partial charge on any atom is 0.119 e. The fraction of sp³-hybridized carbons (Fsp3) is 0.400. The van der Waals surface area contributed by atoms with E-state index >= 15 is 0 Å². The van der Waals surface area contributed by atoms with Gasteiger partial charge in [-0.15, -0.1) is 0 Å². The van der Waals surface area contributed by atoms with Gasteiger partial charge in [0.2, 0.25) is 0 Å². The van der Waals surface area contributed by atoms with Gasteiger partial charge in [-0.2, -0.15) is 5.10 Å². The lowest BCUT2D eigenvalue weighted by atomic mass is 10.0. The maximum absolute atomic E-state index is 5.66. The lowest BCUT2D eigenvalue weighted by Crippen LogP contribution is -2.20. The first-order valence-electron chi connectivity index (χ1n) is 6.53. The molecule has 2 rings (SSSR count). The average Bonchev–Trinajstić information content (AvgIpc) is 2.78. The molecule has 0 bridgehead atoms. The lowest BCUT2D eigenvalue weighted by Gasteiger charge is -2.18. The second-order valence-corrected chi connectivity index (χ2v) is 4.84. The Morgan fingerprint density at radius 2 is 1.84 bits per heavy atom. The molecular formula is C15H21N3O. The van der Waals surface area contributed by atoms with Crippen LogP contribution in [0.5, 0.6) is 5.75 Å². The largest absolute Gasteiger partial charge is 0.491 e. The molecule has 1 aromatic carbocycles. The highest BCUT2D eigenvalue weighted by Crippen LogP contribution is 2.23. The van der Waals surface area contributed by atoms with E-state index in [1.54, 1.807) is 0 Å². The molecule has 1 N–H and O–H groups in total. The Labute approximate surface area is 114 Å². The van der Waals surface area contributed by atoms with Crippen molar-refractivity contribution in [3.05, 3.63) is 47.8 Å². The van der Waals surface area contributed by atoms with E-state index < -0.39 is 0 Å². The zero-order valence-electron chi connectivity index (χ0n) is 11.9. The number of aromatic nitrogens is 2. The smallest absolute Gasteiger partial charge is 0.119 e. The van der Waals surface area contributed by atoms with Crippen molar-refractivity contribution in [2.75, 3.05) is 7.05 Å². The van der Waals surface area contributed by atoms with Gasteiger partial charge >= 0.3 is 0 Å². The second kappa shape index (κ2) is 5.89. The highest BCUT2D eigenvalue weighted by atomic mass is 16.5. The molecule has 0 fully saturated rings. The van der Waals surface area contributed by atoms with Crippen molar-refractivity contribution in [1.29, 1.82) is 0 Å². The van der Waals surface area contributed by atoms with Gasteiger partial charge < -0.3 is 10.1 Å². The first kappa shape index (κ1) is 13.6. The van der Waals surface area contributed by atoms with Gasteiger partial charge in [0.15, 0.2) is 0 Å². The molecule has 19 heavy (non-hydrogen) atoms. The van der Waals surface area contributed by atoms with E-state index in [0.29, 0.717) is 0 Å². The van der Waals surface area contributed by atoms with Crippen LogP contribution in [0.15, 0.2) is 36.5 Å². The van der Waals surface area contributed by atoms with Crippen molar-refractivity contribution in [1.82, 2.24) is 15.1 Å². The third kappa shape index (κ3) is 3.15. The quantitative estimate of drug-likeness (QED) is 0.896. The van der Waals surface area contributed by atoms with Crippen LogP contribution in [0.25, 0.3) is 0 Å². The Kier molecular flexibility index (Phi) is 4.22. The molecule has 0 spiro atoms. The highest BCUT2D eigenvalue weighted by Gasteiger charge is 2.15. The van der Waals surface area contributed by atoms with Gasteiger partial charge in [0.05, 0.1) is 17.8 Å². The Hall–Kier alpha value is -1.81. The Balaban J connectivity index is 2.22. The van der Waals surface area contributed by atoms with Crippen molar-refractivity contribution in [3.8, 4) is 5.75 Å². The number of rotatable bonds is 5. The third-order valence-corrected chi connectivity index (χ3v) is 3.03. The molecule has 1 atom stereocenters. The van der Waals surface area contributed by atoms with Gasteiger partial charge in [-0.1, -0.05) is 12.1 Å². The zero-order chi connectivity index (χ0) is 13.8. The van der Waals surface area contributed by atoms with Gasteiger partial charge in [-0.05, 0) is 44.7 Å². The molecule has 0 aliphatic carbocycles. The topological polar surface area (TPSA) is 39.1 Å². The summed E-state index contributed by atoms with van der Waals surface area (Å²) in [6, 6.07) is 10.4. The molecular weight excluding hydrogens is 238 g/mol. The molecule has 0 saturated heterocycles. The van der Waals surface area contributed by atoms with Crippen LogP contribution in [0.1, 0.15) is 31.1 Å². The summed E-state index contributed by atoms with van der Waals surface area (Å²) in [5.41, 5.74) is 2.34. The molecule has 0 aliphatic rings. The van der Waals surface area contributed by atoms with Crippen molar-refractivity contribution in [2.45, 2.75) is 26.0 Å². The third-order valence-electron chi connectivity index (χ3n) is 3.03. The second-order valence-electron chi connectivity index (χ2n) is 4.84. The lowest BCUT2D eigenvalue weighted by molar-refractivity contribution is 0.242. The molecule has 1 heterocycles. The summed E-state index contributed by atoms with van der Waals surface area (Å²) in [4.78, 5) is 0. The van der Waals surface area contributed by atoms with Gasteiger partial charge in [0.25, 0.3) is 0 Å². The van der Waals surface area contributed by atoms with E-state index in [1.807, 2.05) is 57.0 Å². The van der Waals surface area contributed by atoms with E-state index in [2.05, 4.69) is 22.5 Å². The van der Waals surface area contributed by atoms with Crippen molar-refractivity contribution in [2.24, 2.45) is 7.05 Å². The predicted molar refractivity (Wildman–Crippen MR) is 76.3 cm³/mol. The number of aryl methyl sites for hydroxylation is 1. The molecule has 2 aromatic rings. The Bertz CT molecular complexity index is 516. The summed E-state index contributed by atoms with van der Waals surface area (Å²) in [5, 5.41) is 7.54. The van der Waals surface area contributed by atoms with Gasteiger partial charge in [-0.25, -0.2) is 0 Å². The summed E-state index contributed by atoms with van der Waals surface area (Å²) in [5.74, 6) is 0.901. The van der Waals surface area contributed by atoms with Crippen LogP contribution in [0, 0.1) is 0 Å². The fourth-order valence-electron chi connectivity index (χ4n) is 2.16. The molecule has 0 amide bonds. The van der Waals surface area contributed by atoms with Crippen molar-refractivity contribution >= 4 is 0 Å². The number of benzene rings is 1. The number of nitrogens with zero attached hydrogens (tertiary/aromatic N) is 2. The van der Waals surface area contributed by atoms with Gasteiger partial charge in [0, 0.05) is 13.2 Å². The van der Waals surface area contributed by atoms with E-state index in [-0.39, 0.29) is 12.1 Å². The van der Waals surface area contributed by atoms with Crippen LogP contribution in [-0.4, -0.2) is 22.9 Å². The molecule has 1 unspecified atom stereocenters. The van der Waals surface area contributed by atoms with E-state index in [9.17, 15) is 0 Å². The fourth-order valence-corrected chi connectivity index (χ4v) is 2.16. The standard InChI is InChI=1S/C15H21N3O/c1-11(2)19-13-7-5-12(6-8-13)15(16-3)14-9-10-17-18(14)4/h5-11,15-16H,1-4H3. The number of hydrogen-bond acceptors (Lipinski definition) is 3. The first-order chi connectivity index (χ1) is 9.11. The monoisotopic (exact) mass is 259 g/mol. The van der Waals surface area contributed by atoms with Crippen molar-refractivity contribution < 1.29 is 4.74 Å². The summed E-state index contributed by atoms with van der Waals surface area (Å²) in [6.07, 6.45) is 2.01. The van der Waals surface area contributed by atoms with Crippen molar-refractivity contribution in [3.63, 3.8) is 0 Å². The van der Waals surface area contributed by atoms with Crippen LogP contribution in [0.4, 0.5) is 0 Å². The van der Waals surface area contributed by atoms with Crippen LogP contribution in [0.3, 0.4) is 0 Å². The Morgan fingerprint density at radius 1 is 1.16 bits per heavy atom. The van der Waals surface area contributed by atoms with Gasteiger partial charge in [0.1, 0.15) is 5.75 Å². The van der Waals surface area contributed by atoms with Gasteiger partial charge in [-0.3, -0.25) is 4.68 Å². The summed E-state index contributed by atoms with van der Waals surface area (Å²) in [7, 11) is 3.91. The number of nitrogens with one attached hydrogen (secondary N) is 1. The Morgan fingerprint density at radius 3 is 2.32 bits per heavy atom. The van der Waals surface area contributed by atoms with E-state index in [0.717, 1.165) is 11.4 Å².